The highest BCUT2D eigenvalue weighted by molar-refractivity contribution is 5.92. The van der Waals surface area contributed by atoms with Crippen molar-refractivity contribution in [2.45, 2.75) is 26.3 Å². The molecule has 2 aromatic rings. The molecule has 0 atom stereocenters. The van der Waals surface area contributed by atoms with E-state index in [0.717, 1.165) is 11.4 Å². The van der Waals surface area contributed by atoms with Crippen LogP contribution in [-0.2, 0) is 0 Å². The van der Waals surface area contributed by atoms with Crippen LogP contribution in [0.15, 0.2) is 36.4 Å². The van der Waals surface area contributed by atoms with Crippen molar-refractivity contribution < 1.29 is 9.53 Å². The van der Waals surface area contributed by atoms with Crippen LogP contribution in [0.1, 0.15) is 31.3 Å². The lowest BCUT2D eigenvalue weighted by molar-refractivity contribution is 0.0913. The van der Waals surface area contributed by atoms with E-state index in [4.69, 9.17) is 4.74 Å². The number of methoxy groups -OCH3 is 1. The van der Waals surface area contributed by atoms with Gasteiger partial charge in [-0.2, -0.15) is 0 Å². The lowest BCUT2D eigenvalue weighted by Gasteiger charge is -2.19. The number of hydrogen-bond donors (Lipinski definition) is 2. The van der Waals surface area contributed by atoms with E-state index in [1.807, 2.05) is 45.0 Å². The van der Waals surface area contributed by atoms with Crippen molar-refractivity contribution in [3.8, 4) is 5.75 Å². The lowest BCUT2D eigenvalue weighted by atomic mass is 10.1. The third kappa shape index (κ3) is 4.44. The Labute approximate surface area is 129 Å². The zero-order valence-corrected chi connectivity index (χ0v) is 13.2. The number of rotatable bonds is 4. The molecule has 0 saturated heterocycles. The fourth-order valence-electron chi connectivity index (χ4n) is 1.75. The van der Waals surface area contributed by atoms with Crippen molar-refractivity contribution in [1.82, 2.24) is 15.5 Å². The number of benzene rings is 1. The van der Waals surface area contributed by atoms with Crippen molar-refractivity contribution in [3.63, 3.8) is 0 Å². The second-order valence-electron chi connectivity index (χ2n) is 5.86. The van der Waals surface area contributed by atoms with Gasteiger partial charge in [0.25, 0.3) is 5.91 Å². The molecule has 0 spiro atoms. The van der Waals surface area contributed by atoms with Crippen LogP contribution in [0.5, 0.6) is 5.75 Å². The van der Waals surface area contributed by atoms with Gasteiger partial charge in [0.1, 0.15) is 5.75 Å². The Hall–Kier alpha value is -2.63. The minimum Gasteiger partial charge on any atom is -0.497 e. The third-order valence-electron chi connectivity index (χ3n) is 2.75. The lowest BCUT2D eigenvalue weighted by Crippen LogP contribution is -2.41. The van der Waals surface area contributed by atoms with Gasteiger partial charge in [-0.15, -0.1) is 10.2 Å². The number of nitrogens with zero attached hydrogens (tertiary/aromatic N) is 2. The van der Waals surface area contributed by atoms with Crippen LogP contribution in [0.3, 0.4) is 0 Å². The van der Waals surface area contributed by atoms with Crippen molar-refractivity contribution in [2.24, 2.45) is 0 Å². The molecule has 0 aliphatic heterocycles. The van der Waals surface area contributed by atoms with Gasteiger partial charge in [-0.05, 0) is 57.2 Å². The van der Waals surface area contributed by atoms with Gasteiger partial charge in [0, 0.05) is 11.2 Å². The maximum atomic E-state index is 12.0. The van der Waals surface area contributed by atoms with Gasteiger partial charge >= 0.3 is 0 Å². The molecule has 0 bridgehead atoms. The molecule has 0 aliphatic carbocycles. The Bertz CT molecular complexity index is 631. The molecule has 2 rings (SSSR count). The van der Waals surface area contributed by atoms with Gasteiger partial charge in [-0.1, -0.05) is 0 Å². The van der Waals surface area contributed by atoms with Crippen LogP contribution in [0.2, 0.25) is 0 Å². The maximum Gasteiger partial charge on any atom is 0.272 e. The third-order valence-corrected chi connectivity index (χ3v) is 2.75. The fraction of sp³-hybridized carbons (Fsp3) is 0.312. The van der Waals surface area contributed by atoms with Crippen molar-refractivity contribution in [1.29, 1.82) is 0 Å². The molecule has 6 nitrogen and oxygen atoms in total. The molecule has 1 aromatic heterocycles. The van der Waals surface area contributed by atoms with Crippen LogP contribution in [0.4, 0.5) is 11.5 Å². The van der Waals surface area contributed by atoms with Gasteiger partial charge in [-0.25, -0.2) is 0 Å². The number of hydrogen-bond acceptors (Lipinski definition) is 5. The zero-order valence-electron chi connectivity index (χ0n) is 13.2. The molecular weight excluding hydrogens is 280 g/mol. The summed E-state index contributed by atoms with van der Waals surface area (Å²) in [6, 6.07) is 10.8. The predicted octanol–water partition coefficient (Wildman–Crippen LogP) is 2.76. The summed E-state index contributed by atoms with van der Waals surface area (Å²) >= 11 is 0. The Kier molecular flexibility index (Phi) is 4.60. The Morgan fingerprint density at radius 1 is 1.05 bits per heavy atom. The second kappa shape index (κ2) is 6.43. The van der Waals surface area contributed by atoms with Crippen LogP contribution in [0, 0.1) is 0 Å². The van der Waals surface area contributed by atoms with Crippen molar-refractivity contribution in [3.05, 3.63) is 42.1 Å². The highest BCUT2D eigenvalue weighted by Gasteiger charge is 2.16. The largest absolute Gasteiger partial charge is 0.497 e. The highest BCUT2D eigenvalue weighted by atomic mass is 16.5. The van der Waals surface area contributed by atoms with Gasteiger partial charge < -0.3 is 15.4 Å². The average Bonchev–Trinajstić information content (AvgIpc) is 2.47. The van der Waals surface area contributed by atoms with E-state index in [-0.39, 0.29) is 17.1 Å². The van der Waals surface area contributed by atoms with E-state index < -0.39 is 0 Å². The zero-order chi connectivity index (χ0) is 16.2. The molecule has 0 radical (unpaired) electrons. The van der Waals surface area contributed by atoms with E-state index in [1.165, 1.54) is 0 Å². The number of carbonyl (C=O) groups excluding carboxylic acids is 1. The summed E-state index contributed by atoms with van der Waals surface area (Å²) in [7, 11) is 1.62. The second-order valence-corrected chi connectivity index (χ2v) is 5.86. The number of amides is 1. The number of nitrogens with one attached hydrogen (secondary N) is 2. The van der Waals surface area contributed by atoms with Gasteiger partial charge in [0.2, 0.25) is 0 Å². The van der Waals surface area contributed by atoms with E-state index in [2.05, 4.69) is 20.8 Å². The SMILES string of the molecule is COc1ccc(Nc2ccc(C(=O)NC(C)(C)C)nn2)cc1. The van der Waals surface area contributed by atoms with Crippen LogP contribution >= 0.6 is 0 Å². The first-order chi connectivity index (χ1) is 10.4. The molecule has 1 aromatic carbocycles. The average molecular weight is 300 g/mol. The summed E-state index contributed by atoms with van der Waals surface area (Å²) < 4.78 is 5.10. The molecule has 1 heterocycles. The summed E-state index contributed by atoms with van der Waals surface area (Å²) in [6.45, 7) is 5.74. The topological polar surface area (TPSA) is 76.1 Å². The minimum atomic E-state index is -0.307. The summed E-state index contributed by atoms with van der Waals surface area (Å²) in [5.41, 5.74) is 0.843. The molecule has 116 valence electrons. The first kappa shape index (κ1) is 15.8. The quantitative estimate of drug-likeness (QED) is 0.908. The number of aromatic nitrogens is 2. The van der Waals surface area contributed by atoms with E-state index >= 15 is 0 Å². The van der Waals surface area contributed by atoms with Crippen molar-refractivity contribution >= 4 is 17.4 Å². The molecular formula is C16H20N4O2. The summed E-state index contributed by atoms with van der Waals surface area (Å²) in [5.74, 6) is 1.11. The summed E-state index contributed by atoms with van der Waals surface area (Å²) in [4.78, 5) is 12.0. The van der Waals surface area contributed by atoms with Gasteiger partial charge in [0.05, 0.1) is 7.11 Å². The minimum absolute atomic E-state index is 0.240. The predicted molar refractivity (Wildman–Crippen MR) is 85.5 cm³/mol. The van der Waals surface area contributed by atoms with E-state index in [1.54, 1.807) is 19.2 Å². The van der Waals surface area contributed by atoms with Crippen molar-refractivity contribution in [2.75, 3.05) is 12.4 Å². The molecule has 6 heteroatoms. The van der Waals surface area contributed by atoms with Gasteiger partial charge in [0.15, 0.2) is 11.5 Å². The standard InChI is InChI=1S/C16H20N4O2/c1-16(2,3)18-15(21)13-9-10-14(20-19-13)17-11-5-7-12(22-4)8-6-11/h5-10H,1-4H3,(H,17,20)(H,18,21). The van der Waals surface area contributed by atoms with Gasteiger partial charge in [-0.3, -0.25) is 4.79 Å². The summed E-state index contributed by atoms with van der Waals surface area (Å²) in [6.07, 6.45) is 0. The number of anilines is 2. The Balaban J connectivity index is 2.03. The molecule has 0 saturated carbocycles. The number of carbonyl (C=O) groups is 1. The van der Waals surface area contributed by atoms with E-state index in [9.17, 15) is 4.79 Å². The fourth-order valence-corrected chi connectivity index (χ4v) is 1.75. The molecule has 2 N–H and O–H groups in total. The van der Waals surface area contributed by atoms with Crippen LogP contribution < -0.4 is 15.4 Å². The van der Waals surface area contributed by atoms with Crippen LogP contribution in [0.25, 0.3) is 0 Å². The molecule has 0 aliphatic rings. The monoisotopic (exact) mass is 300 g/mol. The smallest absolute Gasteiger partial charge is 0.272 e. The number of ether oxygens (including phenoxy) is 1. The van der Waals surface area contributed by atoms with Crippen LogP contribution in [-0.4, -0.2) is 28.8 Å². The Morgan fingerprint density at radius 3 is 2.23 bits per heavy atom. The molecule has 0 fully saturated rings. The molecule has 22 heavy (non-hydrogen) atoms. The first-order valence-corrected chi connectivity index (χ1v) is 6.95. The molecule has 1 amide bonds. The first-order valence-electron chi connectivity index (χ1n) is 6.95. The Morgan fingerprint density at radius 2 is 1.73 bits per heavy atom. The molecule has 0 unspecified atom stereocenters. The van der Waals surface area contributed by atoms with E-state index in [0.29, 0.717) is 5.82 Å². The normalized spacial score (nSPS) is 10.9. The summed E-state index contributed by atoms with van der Waals surface area (Å²) in [5, 5.41) is 13.9. The maximum absolute atomic E-state index is 12.0. The highest BCUT2D eigenvalue weighted by Crippen LogP contribution is 2.18.